The van der Waals surface area contributed by atoms with E-state index in [1.165, 1.54) is 59.1 Å². The monoisotopic (exact) mass is 492 g/mol. The molecule has 0 atom stereocenters. The number of amides is 1. The number of benzene rings is 2. The van der Waals surface area contributed by atoms with Crippen molar-refractivity contribution in [1.29, 1.82) is 0 Å². The quantitative estimate of drug-likeness (QED) is 0.450. The summed E-state index contributed by atoms with van der Waals surface area (Å²) in [6.45, 7) is 4.80. The molecule has 0 N–H and O–H groups in total. The minimum absolute atomic E-state index is 0.130. The lowest BCUT2D eigenvalue weighted by atomic mass is 10.2. The van der Waals surface area contributed by atoms with Crippen molar-refractivity contribution in [2.24, 2.45) is 0 Å². The van der Waals surface area contributed by atoms with Crippen LogP contribution in [0.5, 0.6) is 0 Å². The van der Waals surface area contributed by atoms with Crippen LogP contribution in [-0.2, 0) is 10.0 Å². The number of aromatic nitrogens is 1. The summed E-state index contributed by atoms with van der Waals surface area (Å²) in [6, 6.07) is 10.1. The molecular weight excluding hydrogens is 463 g/mol. The molecule has 10 heteroatoms. The van der Waals surface area contributed by atoms with E-state index in [-0.39, 0.29) is 22.7 Å². The van der Waals surface area contributed by atoms with E-state index in [1.54, 1.807) is 24.8 Å². The number of rotatable bonds is 9. The molecule has 0 saturated heterocycles. The van der Waals surface area contributed by atoms with Gasteiger partial charge in [-0.3, -0.25) is 9.69 Å². The first-order valence-corrected chi connectivity index (χ1v) is 12.9. The minimum Gasteiger partial charge on any atom is -0.309 e. The Morgan fingerprint density at radius 2 is 1.73 bits per heavy atom. The van der Waals surface area contributed by atoms with E-state index < -0.39 is 10.0 Å². The Hall–Kier alpha value is -2.40. The van der Waals surface area contributed by atoms with Gasteiger partial charge < -0.3 is 4.90 Å². The van der Waals surface area contributed by atoms with E-state index in [0.29, 0.717) is 33.9 Å². The van der Waals surface area contributed by atoms with Crippen LogP contribution in [0.2, 0.25) is 0 Å². The first kappa shape index (κ1) is 25.2. The van der Waals surface area contributed by atoms with Crippen LogP contribution in [0.3, 0.4) is 0 Å². The van der Waals surface area contributed by atoms with Crippen molar-refractivity contribution in [3.63, 3.8) is 0 Å². The lowest BCUT2D eigenvalue weighted by molar-refractivity contribution is 0.0986. The third kappa shape index (κ3) is 5.75. The molecule has 0 aliphatic carbocycles. The van der Waals surface area contributed by atoms with E-state index in [1.807, 2.05) is 19.0 Å². The molecule has 1 amide bonds. The van der Waals surface area contributed by atoms with Gasteiger partial charge in [-0.15, -0.1) is 0 Å². The van der Waals surface area contributed by atoms with Crippen LogP contribution in [-0.4, -0.2) is 68.8 Å². The molecule has 33 heavy (non-hydrogen) atoms. The summed E-state index contributed by atoms with van der Waals surface area (Å²) < 4.78 is 41.1. The zero-order chi connectivity index (χ0) is 24.3. The summed E-state index contributed by atoms with van der Waals surface area (Å²) in [4.78, 5) is 21.7. The van der Waals surface area contributed by atoms with Crippen LogP contribution in [0, 0.1) is 5.82 Å². The standard InChI is InChI=1S/C23H29FN4O3S2/c1-16(2)27(5)33(30,31)19-10-7-17(8-11-19)22(29)28(14-6-13-26(3)4)23-25-20-12-9-18(24)15-21(20)32-23/h7-12,15-16H,6,13-14H2,1-5H3. The Labute approximate surface area is 198 Å². The zero-order valence-corrected chi connectivity index (χ0v) is 21.1. The fourth-order valence-electron chi connectivity index (χ4n) is 3.20. The van der Waals surface area contributed by atoms with Crippen LogP contribution in [0.15, 0.2) is 47.4 Å². The van der Waals surface area contributed by atoms with E-state index >= 15 is 0 Å². The molecular formula is C23H29FN4O3S2. The van der Waals surface area contributed by atoms with Crippen molar-refractivity contribution in [1.82, 2.24) is 14.2 Å². The largest absolute Gasteiger partial charge is 0.309 e. The van der Waals surface area contributed by atoms with Gasteiger partial charge in [0.1, 0.15) is 5.82 Å². The van der Waals surface area contributed by atoms with Crippen molar-refractivity contribution in [3.8, 4) is 0 Å². The third-order valence-corrected chi connectivity index (χ3v) is 8.40. The van der Waals surface area contributed by atoms with Crippen molar-refractivity contribution in [3.05, 3.63) is 53.8 Å². The lowest BCUT2D eigenvalue weighted by Crippen LogP contribution is -2.34. The lowest BCUT2D eigenvalue weighted by Gasteiger charge is -2.22. The normalized spacial score (nSPS) is 12.3. The summed E-state index contributed by atoms with van der Waals surface area (Å²) in [6.07, 6.45) is 0.717. The summed E-state index contributed by atoms with van der Waals surface area (Å²) in [5.74, 6) is -0.638. The number of sulfonamides is 1. The van der Waals surface area contributed by atoms with Crippen LogP contribution in [0.1, 0.15) is 30.6 Å². The number of hydrogen-bond donors (Lipinski definition) is 0. The Bertz CT molecular complexity index is 1220. The predicted octanol–water partition coefficient (Wildman–Crippen LogP) is 4.06. The first-order chi connectivity index (χ1) is 15.5. The highest BCUT2D eigenvalue weighted by Gasteiger charge is 2.25. The second-order valence-corrected chi connectivity index (χ2v) is 11.4. The fraction of sp³-hybridized carbons (Fsp3) is 0.391. The average molecular weight is 493 g/mol. The molecule has 3 aromatic rings. The Morgan fingerprint density at radius 1 is 1.06 bits per heavy atom. The number of anilines is 1. The SMILES string of the molecule is CC(C)N(C)S(=O)(=O)c1ccc(C(=O)N(CCCN(C)C)c2nc3ccc(F)cc3s2)cc1. The van der Waals surface area contributed by atoms with E-state index in [9.17, 15) is 17.6 Å². The first-order valence-electron chi connectivity index (χ1n) is 10.6. The molecule has 0 aliphatic rings. The second kappa shape index (κ2) is 10.3. The molecule has 3 rings (SSSR count). The summed E-state index contributed by atoms with van der Waals surface area (Å²) >= 11 is 1.25. The Balaban J connectivity index is 1.92. The van der Waals surface area contributed by atoms with Gasteiger partial charge in [-0.05, 0) is 83.4 Å². The van der Waals surface area contributed by atoms with Gasteiger partial charge >= 0.3 is 0 Å². The maximum atomic E-state index is 13.6. The number of carbonyl (C=O) groups is 1. The van der Waals surface area contributed by atoms with E-state index in [0.717, 1.165) is 6.54 Å². The van der Waals surface area contributed by atoms with Gasteiger partial charge in [0.15, 0.2) is 5.13 Å². The number of fused-ring (bicyclic) bond motifs is 1. The molecule has 0 unspecified atom stereocenters. The minimum atomic E-state index is -3.64. The molecule has 0 spiro atoms. The Morgan fingerprint density at radius 3 is 2.33 bits per heavy atom. The topological polar surface area (TPSA) is 73.8 Å². The van der Waals surface area contributed by atoms with Crippen LogP contribution in [0.25, 0.3) is 10.2 Å². The van der Waals surface area contributed by atoms with Gasteiger partial charge in [0, 0.05) is 25.2 Å². The predicted molar refractivity (Wildman–Crippen MR) is 131 cm³/mol. The van der Waals surface area contributed by atoms with Crippen molar-refractivity contribution in [2.75, 3.05) is 39.1 Å². The van der Waals surface area contributed by atoms with Gasteiger partial charge in [-0.1, -0.05) is 11.3 Å². The third-order valence-electron chi connectivity index (χ3n) is 5.31. The van der Waals surface area contributed by atoms with Gasteiger partial charge in [0.05, 0.1) is 15.1 Å². The van der Waals surface area contributed by atoms with Crippen molar-refractivity contribution < 1.29 is 17.6 Å². The highest BCUT2D eigenvalue weighted by Crippen LogP contribution is 2.30. The average Bonchev–Trinajstić information content (AvgIpc) is 3.18. The molecule has 1 heterocycles. The van der Waals surface area contributed by atoms with Crippen molar-refractivity contribution in [2.45, 2.75) is 31.2 Å². The summed E-state index contributed by atoms with van der Waals surface area (Å²) in [5.41, 5.74) is 0.983. The highest BCUT2D eigenvalue weighted by molar-refractivity contribution is 7.89. The smallest absolute Gasteiger partial charge is 0.260 e. The molecule has 0 saturated carbocycles. The molecule has 178 valence electrons. The van der Waals surface area contributed by atoms with Gasteiger partial charge in [0.25, 0.3) is 5.91 Å². The highest BCUT2D eigenvalue weighted by atomic mass is 32.2. The molecule has 0 aliphatic heterocycles. The fourth-order valence-corrected chi connectivity index (χ4v) is 5.58. The number of carbonyl (C=O) groups excluding carboxylic acids is 1. The van der Waals surface area contributed by atoms with E-state index in [2.05, 4.69) is 4.98 Å². The van der Waals surface area contributed by atoms with Crippen LogP contribution in [0.4, 0.5) is 9.52 Å². The number of nitrogens with zero attached hydrogens (tertiary/aromatic N) is 4. The van der Waals surface area contributed by atoms with E-state index in [4.69, 9.17) is 0 Å². The Kier molecular flexibility index (Phi) is 7.84. The maximum Gasteiger partial charge on any atom is 0.260 e. The van der Waals surface area contributed by atoms with Crippen LogP contribution < -0.4 is 4.90 Å². The zero-order valence-electron chi connectivity index (χ0n) is 19.4. The number of thiazole rings is 1. The van der Waals surface area contributed by atoms with Gasteiger partial charge in [-0.2, -0.15) is 4.31 Å². The molecule has 0 radical (unpaired) electrons. The van der Waals surface area contributed by atoms with Crippen LogP contribution >= 0.6 is 11.3 Å². The maximum absolute atomic E-state index is 13.6. The molecule has 1 aromatic heterocycles. The number of halogens is 1. The second-order valence-electron chi connectivity index (χ2n) is 8.36. The van der Waals surface area contributed by atoms with Gasteiger partial charge in [0.2, 0.25) is 10.0 Å². The molecule has 7 nitrogen and oxygen atoms in total. The molecule has 2 aromatic carbocycles. The number of hydrogen-bond acceptors (Lipinski definition) is 6. The molecule has 0 fully saturated rings. The summed E-state index contributed by atoms with van der Waals surface area (Å²) in [7, 11) is 1.80. The van der Waals surface area contributed by atoms with Crippen molar-refractivity contribution >= 4 is 42.6 Å². The molecule has 0 bridgehead atoms. The van der Waals surface area contributed by atoms with Gasteiger partial charge in [-0.25, -0.2) is 17.8 Å². The summed E-state index contributed by atoms with van der Waals surface area (Å²) in [5, 5.41) is 0.482.